The third kappa shape index (κ3) is 3.86. The van der Waals surface area contributed by atoms with E-state index in [0.29, 0.717) is 18.9 Å². The van der Waals surface area contributed by atoms with Crippen molar-refractivity contribution in [2.45, 2.75) is 0 Å². The summed E-state index contributed by atoms with van der Waals surface area (Å²) >= 11 is 0. The molecule has 3 aliphatic heterocycles. The van der Waals surface area contributed by atoms with Crippen molar-refractivity contribution in [3.8, 4) is 0 Å². The van der Waals surface area contributed by atoms with Gasteiger partial charge in [-0.3, -0.25) is 4.79 Å². The number of hydrogen-bond acceptors (Lipinski definition) is 7. The predicted molar refractivity (Wildman–Crippen MR) is 101 cm³/mol. The Kier molecular flexibility index (Phi) is 4.66. The highest BCUT2D eigenvalue weighted by atomic mass is 32.2. The summed E-state index contributed by atoms with van der Waals surface area (Å²) in [6, 6.07) is 3.61. The summed E-state index contributed by atoms with van der Waals surface area (Å²) in [5.74, 6) is 0.480. The van der Waals surface area contributed by atoms with E-state index >= 15 is 0 Å². The molecule has 0 saturated carbocycles. The van der Waals surface area contributed by atoms with Gasteiger partial charge in [-0.15, -0.1) is 4.40 Å². The van der Waals surface area contributed by atoms with Gasteiger partial charge in [0.2, 0.25) is 0 Å². The van der Waals surface area contributed by atoms with Crippen molar-refractivity contribution >= 4 is 33.3 Å². The fourth-order valence-corrected chi connectivity index (χ4v) is 4.02. The molecule has 1 aromatic rings. The lowest BCUT2D eigenvalue weighted by molar-refractivity contribution is -0.112. The quantitative estimate of drug-likeness (QED) is 0.796. The van der Waals surface area contributed by atoms with E-state index in [2.05, 4.69) is 19.6 Å². The van der Waals surface area contributed by atoms with Crippen LogP contribution in [0, 0.1) is 0 Å². The average Bonchev–Trinajstić information content (AvgIpc) is 2.68. The molecule has 0 unspecified atom stereocenters. The number of anilines is 2. The van der Waals surface area contributed by atoms with E-state index < -0.39 is 15.9 Å². The Hall–Kier alpha value is -2.72. The number of aromatic nitrogens is 1. The molecule has 0 radical (unpaired) electrons. The monoisotopic (exact) mass is 389 g/mol. The summed E-state index contributed by atoms with van der Waals surface area (Å²) in [5, 5.41) is 2.75. The van der Waals surface area contributed by atoms with Gasteiger partial charge in [0.05, 0.1) is 36.4 Å². The number of allylic oxidation sites excluding steroid dienone is 2. The van der Waals surface area contributed by atoms with Gasteiger partial charge in [0.25, 0.3) is 15.9 Å². The first kappa shape index (κ1) is 17.7. The molecule has 9 nitrogen and oxygen atoms in total. The Bertz CT molecular complexity index is 931. The first-order chi connectivity index (χ1) is 13.0. The molecule has 4 heterocycles. The molecule has 0 spiro atoms. The summed E-state index contributed by atoms with van der Waals surface area (Å²) < 4.78 is 32.7. The van der Waals surface area contributed by atoms with Crippen LogP contribution < -0.4 is 10.2 Å². The lowest BCUT2D eigenvalue weighted by atomic mass is 10.1. The standard InChI is InChI=1S/C17H19N5O4S/c23-17(14-2-1-5-22-8-11-27(24,25)20-16(14)22)19-13-3-4-15(18-12-13)21-6-9-26-10-7-21/h1-5,12H,6-11H2,(H,19,23). The van der Waals surface area contributed by atoms with Crippen LogP contribution in [0.5, 0.6) is 0 Å². The molecule has 3 aliphatic rings. The molecule has 1 aromatic heterocycles. The van der Waals surface area contributed by atoms with Crippen LogP contribution >= 0.6 is 0 Å². The lowest BCUT2D eigenvalue weighted by Crippen LogP contribution is -2.40. The first-order valence-corrected chi connectivity index (χ1v) is 10.2. The molecule has 10 heteroatoms. The summed E-state index contributed by atoms with van der Waals surface area (Å²) in [5.41, 5.74) is 0.733. The molecule has 1 fully saturated rings. The van der Waals surface area contributed by atoms with Crippen molar-refractivity contribution in [3.05, 3.63) is 42.3 Å². The molecule has 0 atom stereocenters. The number of nitrogens with zero attached hydrogens (tertiary/aromatic N) is 4. The van der Waals surface area contributed by atoms with Crippen LogP contribution in [0.4, 0.5) is 11.5 Å². The Morgan fingerprint density at radius 3 is 2.74 bits per heavy atom. The van der Waals surface area contributed by atoms with Crippen LogP contribution in [0.25, 0.3) is 0 Å². The maximum atomic E-state index is 12.6. The summed E-state index contributed by atoms with van der Waals surface area (Å²) in [6.45, 7) is 3.18. The van der Waals surface area contributed by atoms with Gasteiger partial charge in [-0.05, 0) is 24.3 Å². The van der Waals surface area contributed by atoms with E-state index in [1.807, 2.05) is 6.07 Å². The van der Waals surface area contributed by atoms with E-state index in [1.54, 1.807) is 35.5 Å². The fraction of sp³-hybridized carbons (Fsp3) is 0.353. The number of amides is 1. The highest BCUT2D eigenvalue weighted by molar-refractivity contribution is 7.90. The van der Waals surface area contributed by atoms with Crippen LogP contribution in [-0.2, 0) is 19.6 Å². The summed E-state index contributed by atoms with van der Waals surface area (Å²) in [4.78, 5) is 20.8. The number of hydrogen-bond donors (Lipinski definition) is 1. The van der Waals surface area contributed by atoms with E-state index in [-0.39, 0.29) is 23.7 Å². The topological polar surface area (TPSA) is 104 Å². The second kappa shape index (κ2) is 7.12. The molecule has 0 aromatic carbocycles. The zero-order valence-electron chi connectivity index (χ0n) is 14.5. The minimum atomic E-state index is -3.55. The van der Waals surface area contributed by atoms with Gasteiger partial charge in [-0.25, -0.2) is 13.4 Å². The van der Waals surface area contributed by atoms with E-state index in [0.717, 1.165) is 18.9 Å². The van der Waals surface area contributed by atoms with Crippen LogP contribution in [0.3, 0.4) is 0 Å². The minimum Gasteiger partial charge on any atom is -0.378 e. The SMILES string of the molecule is O=C(Nc1ccc(N2CCOCC2)nc1)C1=CC=CN2CCS(=O)(=O)N=C12. The number of morpholine rings is 1. The number of pyridine rings is 1. The van der Waals surface area contributed by atoms with Gasteiger partial charge < -0.3 is 19.9 Å². The normalized spacial score (nSPS) is 21.2. The average molecular weight is 389 g/mol. The van der Waals surface area contributed by atoms with Gasteiger partial charge in [0.15, 0.2) is 5.84 Å². The fourth-order valence-electron chi connectivity index (χ4n) is 3.03. The number of ether oxygens (including phenoxy) is 1. The third-order valence-corrected chi connectivity index (χ3v) is 5.59. The maximum Gasteiger partial charge on any atom is 0.259 e. The number of amidine groups is 1. The van der Waals surface area contributed by atoms with Crippen LogP contribution in [0.2, 0.25) is 0 Å². The van der Waals surface area contributed by atoms with Gasteiger partial charge in [-0.2, -0.15) is 0 Å². The number of sulfonamides is 1. The smallest absolute Gasteiger partial charge is 0.259 e. The Labute approximate surface area is 157 Å². The van der Waals surface area contributed by atoms with E-state index in [9.17, 15) is 13.2 Å². The van der Waals surface area contributed by atoms with E-state index in [1.165, 1.54) is 0 Å². The van der Waals surface area contributed by atoms with Crippen LogP contribution in [0.15, 0.2) is 46.7 Å². The number of rotatable bonds is 3. The van der Waals surface area contributed by atoms with Crippen LogP contribution in [0.1, 0.15) is 0 Å². The van der Waals surface area contributed by atoms with Crippen molar-refractivity contribution in [3.63, 3.8) is 0 Å². The number of nitrogens with one attached hydrogen (secondary N) is 1. The second-order valence-electron chi connectivity index (χ2n) is 6.27. The minimum absolute atomic E-state index is 0.0668. The molecule has 0 aliphatic carbocycles. The molecule has 4 rings (SSSR count). The Morgan fingerprint density at radius 1 is 1.19 bits per heavy atom. The van der Waals surface area contributed by atoms with Crippen LogP contribution in [-0.4, -0.2) is 68.6 Å². The molecule has 0 bridgehead atoms. The van der Waals surface area contributed by atoms with Crippen molar-refractivity contribution in [2.75, 3.05) is 48.8 Å². The Morgan fingerprint density at radius 2 is 2.00 bits per heavy atom. The number of fused-ring (bicyclic) bond motifs is 1. The van der Waals surface area contributed by atoms with Gasteiger partial charge in [-0.1, -0.05) is 0 Å². The second-order valence-corrected chi connectivity index (χ2v) is 8.03. The molecule has 1 saturated heterocycles. The van der Waals surface area contributed by atoms with Crippen molar-refractivity contribution in [1.82, 2.24) is 9.88 Å². The Balaban J connectivity index is 1.49. The number of carbonyl (C=O) groups is 1. The van der Waals surface area contributed by atoms with E-state index in [4.69, 9.17) is 4.74 Å². The highest BCUT2D eigenvalue weighted by Crippen LogP contribution is 2.20. The molecule has 27 heavy (non-hydrogen) atoms. The largest absolute Gasteiger partial charge is 0.378 e. The van der Waals surface area contributed by atoms with Gasteiger partial charge in [0, 0.05) is 25.8 Å². The lowest BCUT2D eigenvalue weighted by Gasteiger charge is -2.28. The zero-order valence-corrected chi connectivity index (χ0v) is 15.4. The summed E-state index contributed by atoms with van der Waals surface area (Å²) in [7, 11) is -3.55. The zero-order chi connectivity index (χ0) is 18.9. The van der Waals surface area contributed by atoms with Crippen molar-refractivity contribution in [2.24, 2.45) is 4.40 Å². The highest BCUT2D eigenvalue weighted by Gasteiger charge is 2.30. The van der Waals surface area contributed by atoms with Crippen molar-refractivity contribution < 1.29 is 17.9 Å². The molecular weight excluding hydrogens is 370 g/mol. The first-order valence-electron chi connectivity index (χ1n) is 8.60. The molecule has 1 N–H and O–H groups in total. The van der Waals surface area contributed by atoms with Gasteiger partial charge >= 0.3 is 0 Å². The predicted octanol–water partition coefficient (Wildman–Crippen LogP) is 0.354. The molecule has 142 valence electrons. The maximum absolute atomic E-state index is 12.6. The molecule has 1 amide bonds. The third-order valence-electron chi connectivity index (χ3n) is 4.44. The summed E-state index contributed by atoms with van der Waals surface area (Å²) in [6.07, 6.45) is 6.55. The van der Waals surface area contributed by atoms with Gasteiger partial charge in [0.1, 0.15) is 5.82 Å². The number of carbonyl (C=O) groups excluding carboxylic acids is 1. The molecular formula is C17H19N5O4S. The van der Waals surface area contributed by atoms with Crippen molar-refractivity contribution in [1.29, 1.82) is 0 Å².